The molecule has 16 heavy (non-hydrogen) atoms. The highest BCUT2D eigenvalue weighted by Gasteiger charge is 2.21. The van der Waals surface area contributed by atoms with Gasteiger partial charge in [0.2, 0.25) is 0 Å². The Morgan fingerprint density at radius 1 is 1.25 bits per heavy atom. The average Bonchev–Trinajstić information content (AvgIpc) is 2.15. The Kier molecular flexibility index (Phi) is 5.75. The number of rotatable bonds is 5. The van der Waals surface area contributed by atoms with Crippen molar-refractivity contribution in [2.45, 2.75) is 26.4 Å². The number of allylic oxidation sites excluding steroid dienone is 3. The lowest BCUT2D eigenvalue weighted by Crippen LogP contribution is -2.26. The van der Waals surface area contributed by atoms with Gasteiger partial charge in [0.1, 0.15) is 5.60 Å². The van der Waals surface area contributed by atoms with Crippen LogP contribution in [0.3, 0.4) is 0 Å². The molecule has 0 aliphatic heterocycles. The molecule has 0 N–H and O–H groups in total. The number of ether oxygens (including phenoxy) is 2. The number of methoxy groups -OCH3 is 1. The van der Waals surface area contributed by atoms with Crippen molar-refractivity contribution in [1.82, 2.24) is 0 Å². The Balaban J connectivity index is 5.06. The highest BCUT2D eigenvalue weighted by Crippen LogP contribution is 2.15. The molecule has 0 aliphatic carbocycles. The van der Waals surface area contributed by atoms with Crippen LogP contribution in [-0.2, 0) is 14.3 Å². The van der Waals surface area contributed by atoms with Gasteiger partial charge in [0, 0.05) is 7.11 Å². The minimum absolute atomic E-state index is 0.183. The highest BCUT2D eigenvalue weighted by molar-refractivity contribution is 5.91. The molecule has 0 aromatic carbocycles. The lowest BCUT2D eigenvalue weighted by molar-refractivity contribution is -0.150. The molecule has 0 heterocycles. The second kappa shape index (κ2) is 6.28. The second-order valence-corrected chi connectivity index (χ2v) is 4.28. The van der Waals surface area contributed by atoms with Gasteiger partial charge in [-0.1, -0.05) is 25.3 Å². The zero-order chi connectivity index (χ0) is 12.8. The van der Waals surface area contributed by atoms with Gasteiger partial charge in [-0.3, -0.25) is 0 Å². The summed E-state index contributed by atoms with van der Waals surface area (Å²) in [6.45, 7) is 12.9. The van der Waals surface area contributed by atoms with Crippen LogP contribution in [0.4, 0.5) is 0 Å². The van der Waals surface area contributed by atoms with E-state index in [1.807, 2.05) is 20.8 Å². The summed E-state index contributed by atoms with van der Waals surface area (Å²) < 4.78 is 10.2. The van der Waals surface area contributed by atoms with E-state index in [1.165, 1.54) is 7.11 Å². The van der Waals surface area contributed by atoms with Crippen LogP contribution in [0, 0.1) is 0 Å². The van der Waals surface area contributed by atoms with Gasteiger partial charge in [0.25, 0.3) is 0 Å². The van der Waals surface area contributed by atoms with Crippen LogP contribution in [0.1, 0.15) is 20.8 Å². The molecule has 0 spiro atoms. The van der Waals surface area contributed by atoms with Crippen LogP contribution < -0.4 is 0 Å². The molecule has 3 nitrogen and oxygen atoms in total. The third kappa shape index (κ3) is 4.94. The van der Waals surface area contributed by atoms with E-state index in [1.54, 1.807) is 12.2 Å². The van der Waals surface area contributed by atoms with Gasteiger partial charge in [-0.15, -0.1) is 0 Å². The Morgan fingerprint density at radius 3 is 2.06 bits per heavy atom. The monoisotopic (exact) mass is 224 g/mol. The van der Waals surface area contributed by atoms with Crippen LogP contribution in [0.2, 0.25) is 0 Å². The first-order valence-electron chi connectivity index (χ1n) is 5.06. The minimum atomic E-state index is -0.524. The molecular weight excluding hydrogens is 204 g/mol. The normalized spacial score (nSPS) is 10.5. The van der Waals surface area contributed by atoms with Crippen molar-refractivity contribution < 1.29 is 14.3 Å². The van der Waals surface area contributed by atoms with Gasteiger partial charge in [-0.05, 0) is 26.3 Å². The van der Waals surface area contributed by atoms with Crippen molar-refractivity contribution >= 4 is 5.97 Å². The third-order valence-corrected chi connectivity index (χ3v) is 1.72. The first-order valence-corrected chi connectivity index (χ1v) is 5.06. The smallest absolute Gasteiger partial charge is 0.337 e. The van der Waals surface area contributed by atoms with Gasteiger partial charge in [0.15, 0.2) is 0 Å². The van der Waals surface area contributed by atoms with Gasteiger partial charge in [0.05, 0.1) is 12.2 Å². The summed E-state index contributed by atoms with van der Waals surface area (Å²) in [5, 5.41) is 0. The van der Waals surface area contributed by atoms with E-state index in [9.17, 15) is 4.79 Å². The molecule has 0 unspecified atom stereocenters. The van der Waals surface area contributed by atoms with Crippen molar-refractivity contribution in [2.75, 3.05) is 13.7 Å². The van der Waals surface area contributed by atoms with E-state index < -0.39 is 11.6 Å². The molecule has 0 radical (unpaired) electrons. The zero-order valence-corrected chi connectivity index (χ0v) is 10.5. The van der Waals surface area contributed by atoms with E-state index in [4.69, 9.17) is 9.47 Å². The summed E-state index contributed by atoms with van der Waals surface area (Å²) >= 11 is 0. The predicted molar refractivity (Wildman–Crippen MR) is 65.1 cm³/mol. The third-order valence-electron chi connectivity index (χ3n) is 1.72. The largest absolute Gasteiger partial charge is 0.457 e. The molecule has 0 bridgehead atoms. The maximum absolute atomic E-state index is 11.9. The summed E-state index contributed by atoms with van der Waals surface area (Å²) in [5.74, 6) is -0.399. The Hall–Kier alpha value is -1.35. The van der Waals surface area contributed by atoms with Gasteiger partial charge < -0.3 is 9.47 Å². The number of carbonyl (C=O) groups is 1. The maximum Gasteiger partial charge on any atom is 0.337 e. The SMILES string of the molecule is C=CC(C=C)=C(COC)C(=O)OC(C)(C)C. The molecular formula is C13H20O3. The van der Waals surface area contributed by atoms with E-state index in [0.717, 1.165) is 0 Å². The molecule has 0 aromatic heterocycles. The van der Waals surface area contributed by atoms with E-state index in [0.29, 0.717) is 11.1 Å². The van der Waals surface area contributed by atoms with Crippen LogP contribution in [0.25, 0.3) is 0 Å². The summed E-state index contributed by atoms with van der Waals surface area (Å²) in [4.78, 5) is 11.9. The Labute approximate surface area is 97.4 Å². The van der Waals surface area contributed by atoms with Crippen molar-refractivity contribution in [3.63, 3.8) is 0 Å². The average molecular weight is 224 g/mol. The predicted octanol–water partition coefficient (Wildman–Crippen LogP) is 2.64. The van der Waals surface area contributed by atoms with E-state index in [-0.39, 0.29) is 6.61 Å². The number of esters is 1. The van der Waals surface area contributed by atoms with Crippen molar-refractivity contribution in [2.24, 2.45) is 0 Å². The highest BCUT2D eigenvalue weighted by atomic mass is 16.6. The van der Waals surface area contributed by atoms with Gasteiger partial charge >= 0.3 is 5.97 Å². The Bertz CT molecular complexity index is 296. The van der Waals surface area contributed by atoms with Crippen molar-refractivity contribution in [3.8, 4) is 0 Å². The molecule has 90 valence electrons. The molecule has 0 saturated carbocycles. The lowest BCUT2D eigenvalue weighted by atomic mass is 10.1. The molecule has 0 atom stereocenters. The molecule has 0 amide bonds. The molecule has 0 saturated heterocycles. The maximum atomic E-state index is 11.9. The summed E-state index contributed by atoms with van der Waals surface area (Å²) in [6.07, 6.45) is 3.12. The summed E-state index contributed by atoms with van der Waals surface area (Å²) in [5.41, 5.74) is 0.544. The van der Waals surface area contributed by atoms with Crippen LogP contribution in [0.15, 0.2) is 36.5 Å². The first-order chi connectivity index (χ1) is 7.35. The fraction of sp³-hybridized carbons (Fsp3) is 0.462. The van der Waals surface area contributed by atoms with Gasteiger partial charge in [-0.2, -0.15) is 0 Å². The fourth-order valence-electron chi connectivity index (χ4n) is 1.07. The van der Waals surface area contributed by atoms with E-state index in [2.05, 4.69) is 13.2 Å². The topological polar surface area (TPSA) is 35.5 Å². The van der Waals surface area contributed by atoms with Crippen LogP contribution in [0.5, 0.6) is 0 Å². The standard InChI is InChI=1S/C13H20O3/c1-7-10(8-2)11(9-15-6)12(14)16-13(3,4)5/h7-8H,1-2,9H2,3-6H3. The van der Waals surface area contributed by atoms with Gasteiger partial charge in [-0.25, -0.2) is 4.79 Å². The number of hydrogen-bond acceptors (Lipinski definition) is 3. The zero-order valence-electron chi connectivity index (χ0n) is 10.5. The molecule has 0 rings (SSSR count). The molecule has 3 heteroatoms. The van der Waals surface area contributed by atoms with Crippen LogP contribution >= 0.6 is 0 Å². The molecule has 0 fully saturated rings. The quantitative estimate of drug-likeness (QED) is 0.409. The summed E-state index contributed by atoms with van der Waals surface area (Å²) in [6, 6.07) is 0. The number of carbonyl (C=O) groups excluding carboxylic acids is 1. The summed E-state index contributed by atoms with van der Waals surface area (Å²) in [7, 11) is 1.52. The van der Waals surface area contributed by atoms with Crippen molar-refractivity contribution in [1.29, 1.82) is 0 Å². The molecule has 0 aromatic rings. The first kappa shape index (κ1) is 14.6. The van der Waals surface area contributed by atoms with Crippen LogP contribution in [-0.4, -0.2) is 25.3 Å². The lowest BCUT2D eigenvalue weighted by Gasteiger charge is -2.21. The Morgan fingerprint density at radius 2 is 1.75 bits per heavy atom. The fourth-order valence-corrected chi connectivity index (χ4v) is 1.07. The van der Waals surface area contributed by atoms with Crippen molar-refractivity contribution in [3.05, 3.63) is 36.5 Å². The minimum Gasteiger partial charge on any atom is -0.457 e. The number of hydrogen-bond donors (Lipinski definition) is 0. The molecule has 0 aliphatic rings. The van der Waals surface area contributed by atoms with E-state index >= 15 is 0 Å². The second-order valence-electron chi connectivity index (χ2n) is 4.28.